The number of hydrogen-bond acceptors (Lipinski definition) is 6. The molecule has 0 aliphatic carbocycles. The maximum absolute atomic E-state index is 10.6. The predicted octanol–water partition coefficient (Wildman–Crippen LogP) is 1.88. The van der Waals surface area contributed by atoms with Gasteiger partial charge in [-0.1, -0.05) is 0 Å². The zero-order chi connectivity index (χ0) is 20.8. The molecule has 1 unspecified atom stereocenters. The summed E-state index contributed by atoms with van der Waals surface area (Å²) in [5.41, 5.74) is 0.652. The van der Waals surface area contributed by atoms with Gasteiger partial charge in [0.1, 0.15) is 17.6 Å². The monoisotopic (exact) mass is 524 g/mol. The van der Waals surface area contributed by atoms with Crippen LogP contribution < -0.4 is 20.1 Å². The molecule has 0 saturated carbocycles. The fourth-order valence-corrected chi connectivity index (χ4v) is 2.67. The van der Waals surface area contributed by atoms with E-state index in [2.05, 4.69) is 27.6 Å². The molecule has 3 N–H and O–H groups in total. The van der Waals surface area contributed by atoms with Crippen LogP contribution in [-0.4, -0.2) is 83.7 Å². The highest BCUT2D eigenvalue weighted by Crippen LogP contribution is 2.29. The molecule has 1 atom stereocenters. The van der Waals surface area contributed by atoms with E-state index < -0.39 is 6.10 Å². The zero-order valence-corrected chi connectivity index (χ0v) is 20.6. The quantitative estimate of drug-likeness (QED) is 0.157. The molecule has 0 aliphatic heterocycles. The SMILES string of the molecule is CCNC(=NCC(O)c1cc(OC)ccc1OC)NCCN(C)CCCOC.I. The minimum Gasteiger partial charge on any atom is -0.497 e. The van der Waals surface area contributed by atoms with Crippen LogP contribution in [0.4, 0.5) is 0 Å². The Morgan fingerprint density at radius 1 is 1.17 bits per heavy atom. The predicted molar refractivity (Wildman–Crippen MR) is 128 cm³/mol. The molecule has 1 aromatic carbocycles. The molecule has 9 heteroatoms. The normalized spacial score (nSPS) is 12.3. The number of rotatable bonds is 13. The first-order valence-electron chi connectivity index (χ1n) is 9.65. The van der Waals surface area contributed by atoms with Gasteiger partial charge in [-0.3, -0.25) is 4.99 Å². The second kappa shape index (κ2) is 16.5. The summed E-state index contributed by atoms with van der Waals surface area (Å²) in [5.74, 6) is 1.95. The van der Waals surface area contributed by atoms with Crippen molar-refractivity contribution in [3.8, 4) is 11.5 Å². The van der Waals surface area contributed by atoms with Crippen molar-refractivity contribution in [2.45, 2.75) is 19.4 Å². The van der Waals surface area contributed by atoms with E-state index in [-0.39, 0.29) is 30.5 Å². The number of methoxy groups -OCH3 is 3. The van der Waals surface area contributed by atoms with Gasteiger partial charge in [-0.15, -0.1) is 24.0 Å². The molecule has 0 radical (unpaired) electrons. The molecule has 0 aliphatic rings. The van der Waals surface area contributed by atoms with Crippen LogP contribution in [0, 0.1) is 0 Å². The van der Waals surface area contributed by atoms with Gasteiger partial charge in [0.05, 0.1) is 20.8 Å². The number of benzene rings is 1. The topological polar surface area (TPSA) is 87.6 Å². The van der Waals surface area contributed by atoms with Crippen LogP contribution in [0.1, 0.15) is 25.0 Å². The van der Waals surface area contributed by atoms with Gasteiger partial charge in [0.15, 0.2) is 5.96 Å². The molecule has 0 spiro atoms. The second-order valence-corrected chi connectivity index (χ2v) is 6.42. The number of halogens is 1. The number of aliphatic hydroxyl groups excluding tert-OH is 1. The van der Waals surface area contributed by atoms with Gasteiger partial charge in [-0.2, -0.15) is 0 Å². The molecule has 1 rings (SSSR count). The Bertz CT molecular complexity index is 590. The van der Waals surface area contributed by atoms with Crippen LogP contribution in [0.2, 0.25) is 0 Å². The number of nitrogens with one attached hydrogen (secondary N) is 2. The first-order chi connectivity index (χ1) is 13.5. The molecule has 1 aromatic rings. The maximum Gasteiger partial charge on any atom is 0.191 e. The fourth-order valence-electron chi connectivity index (χ4n) is 2.67. The molecule has 0 heterocycles. The van der Waals surface area contributed by atoms with Crippen molar-refractivity contribution in [3.05, 3.63) is 23.8 Å². The summed E-state index contributed by atoms with van der Waals surface area (Å²) in [6, 6.07) is 5.35. The lowest BCUT2D eigenvalue weighted by Gasteiger charge is -2.19. The van der Waals surface area contributed by atoms with Crippen LogP contribution in [0.15, 0.2) is 23.2 Å². The van der Waals surface area contributed by atoms with E-state index in [4.69, 9.17) is 14.2 Å². The summed E-state index contributed by atoms with van der Waals surface area (Å²) >= 11 is 0. The van der Waals surface area contributed by atoms with E-state index >= 15 is 0 Å². The lowest BCUT2D eigenvalue weighted by molar-refractivity contribution is 0.179. The first-order valence-corrected chi connectivity index (χ1v) is 9.65. The first kappa shape index (κ1) is 27.7. The van der Waals surface area contributed by atoms with Crippen LogP contribution in [-0.2, 0) is 4.74 Å². The smallest absolute Gasteiger partial charge is 0.191 e. The summed E-state index contributed by atoms with van der Waals surface area (Å²) in [4.78, 5) is 6.74. The van der Waals surface area contributed by atoms with Crippen LogP contribution in [0.25, 0.3) is 0 Å². The third kappa shape index (κ3) is 10.9. The molecule has 0 saturated heterocycles. The largest absolute Gasteiger partial charge is 0.497 e. The average molecular weight is 524 g/mol. The van der Waals surface area contributed by atoms with Crippen molar-refractivity contribution in [2.24, 2.45) is 4.99 Å². The molecular formula is C20H37IN4O4. The van der Waals surface area contributed by atoms with Gasteiger partial charge in [0.25, 0.3) is 0 Å². The van der Waals surface area contributed by atoms with Gasteiger partial charge in [-0.25, -0.2) is 0 Å². The van der Waals surface area contributed by atoms with Crippen molar-refractivity contribution in [1.29, 1.82) is 0 Å². The van der Waals surface area contributed by atoms with Crippen molar-refractivity contribution in [2.75, 3.05) is 67.7 Å². The van der Waals surface area contributed by atoms with Gasteiger partial charge in [0, 0.05) is 45.5 Å². The van der Waals surface area contributed by atoms with E-state index in [0.29, 0.717) is 23.0 Å². The minimum atomic E-state index is -0.794. The summed E-state index contributed by atoms with van der Waals surface area (Å²) in [5, 5.41) is 17.1. The Balaban J connectivity index is 0.00000784. The Kier molecular flexibility index (Phi) is 15.8. The van der Waals surface area contributed by atoms with Gasteiger partial charge < -0.3 is 34.9 Å². The Morgan fingerprint density at radius 2 is 1.93 bits per heavy atom. The third-order valence-electron chi connectivity index (χ3n) is 4.24. The molecular weight excluding hydrogens is 487 g/mol. The second-order valence-electron chi connectivity index (χ2n) is 6.42. The number of hydrogen-bond donors (Lipinski definition) is 3. The average Bonchev–Trinajstić information content (AvgIpc) is 2.71. The van der Waals surface area contributed by atoms with Crippen LogP contribution >= 0.6 is 24.0 Å². The third-order valence-corrected chi connectivity index (χ3v) is 4.24. The number of likely N-dealkylation sites (N-methyl/N-ethyl adjacent to an activating group) is 1. The lowest BCUT2D eigenvalue weighted by atomic mass is 10.1. The fraction of sp³-hybridized carbons (Fsp3) is 0.650. The van der Waals surface area contributed by atoms with E-state index in [1.807, 2.05) is 6.92 Å². The van der Waals surface area contributed by atoms with Crippen LogP contribution in [0.5, 0.6) is 11.5 Å². The summed E-state index contributed by atoms with van der Waals surface area (Å²) in [7, 11) is 6.97. The number of guanidine groups is 1. The minimum absolute atomic E-state index is 0. The summed E-state index contributed by atoms with van der Waals surface area (Å²) in [6.45, 7) is 6.37. The lowest BCUT2D eigenvalue weighted by Crippen LogP contribution is -2.41. The molecule has 29 heavy (non-hydrogen) atoms. The highest BCUT2D eigenvalue weighted by Gasteiger charge is 2.14. The van der Waals surface area contributed by atoms with Crippen molar-refractivity contribution >= 4 is 29.9 Å². The Hall–Kier alpha value is -1.30. The molecule has 168 valence electrons. The Labute approximate surface area is 192 Å². The van der Waals surface area contributed by atoms with Crippen molar-refractivity contribution in [3.63, 3.8) is 0 Å². The van der Waals surface area contributed by atoms with E-state index in [1.165, 1.54) is 0 Å². The molecule has 0 amide bonds. The molecule has 0 fully saturated rings. The Morgan fingerprint density at radius 3 is 2.55 bits per heavy atom. The van der Waals surface area contributed by atoms with Gasteiger partial charge in [-0.05, 0) is 38.6 Å². The van der Waals surface area contributed by atoms with Crippen molar-refractivity contribution < 1.29 is 19.3 Å². The zero-order valence-electron chi connectivity index (χ0n) is 18.2. The van der Waals surface area contributed by atoms with E-state index in [0.717, 1.165) is 39.2 Å². The van der Waals surface area contributed by atoms with Crippen molar-refractivity contribution in [1.82, 2.24) is 15.5 Å². The maximum atomic E-state index is 10.6. The number of aliphatic hydroxyl groups is 1. The van der Waals surface area contributed by atoms with E-state index in [1.54, 1.807) is 39.5 Å². The highest BCUT2D eigenvalue weighted by molar-refractivity contribution is 14.0. The molecule has 8 nitrogen and oxygen atoms in total. The number of aliphatic imine (C=N–C) groups is 1. The number of nitrogens with zero attached hydrogens (tertiary/aromatic N) is 2. The molecule has 0 aromatic heterocycles. The standard InChI is InChI=1S/C20H36N4O4.HI/c1-6-21-20(22-10-12-24(2)11-7-13-26-3)23-15-18(25)17-14-16(27-4)8-9-19(17)28-5;/h8-9,14,18,25H,6-7,10-13,15H2,1-5H3,(H2,21,22,23);1H. The van der Waals surface area contributed by atoms with Crippen LogP contribution in [0.3, 0.4) is 0 Å². The molecule has 0 bridgehead atoms. The van der Waals surface area contributed by atoms with E-state index in [9.17, 15) is 5.11 Å². The summed E-state index contributed by atoms with van der Waals surface area (Å²) < 4.78 is 15.7. The summed E-state index contributed by atoms with van der Waals surface area (Å²) in [6.07, 6.45) is 0.215. The van der Waals surface area contributed by atoms with Gasteiger partial charge >= 0.3 is 0 Å². The van der Waals surface area contributed by atoms with Gasteiger partial charge in [0.2, 0.25) is 0 Å². The number of ether oxygens (including phenoxy) is 3. The highest BCUT2D eigenvalue weighted by atomic mass is 127.